The first-order valence-electron chi connectivity index (χ1n) is 9.29. The molecule has 2 heterocycles. The van der Waals surface area contributed by atoms with Gasteiger partial charge in [0.1, 0.15) is 13.2 Å². The highest BCUT2D eigenvalue weighted by Gasteiger charge is 2.37. The number of hydrogen-bond acceptors (Lipinski definition) is 6. The number of cyclic esters (lactones) is 1. The standard InChI is InChI=1S/C19H25N3O6/c1-14-9-21(12-17(23)28-13-15-5-3-2-4-6-15)16(11-22(14)18(24)25)10-20-7-8-27-19(20)26/h2-6,14,16H,7-13H2,1H3,(H,24,25)/t14-,16+/m1/s1. The molecule has 0 spiro atoms. The van der Waals surface area contributed by atoms with Crippen molar-refractivity contribution in [1.82, 2.24) is 14.7 Å². The second kappa shape index (κ2) is 8.92. The van der Waals surface area contributed by atoms with Crippen LogP contribution < -0.4 is 0 Å². The highest BCUT2D eigenvalue weighted by atomic mass is 16.6. The monoisotopic (exact) mass is 391 g/mol. The molecule has 9 heteroatoms. The van der Waals surface area contributed by atoms with Crippen molar-refractivity contribution >= 4 is 18.2 Å². The normalized spacial score (nSPS) is 22.8. The van der Waals surface area contributed by atoms with Crippen molar-refractivity contribution in [3.8, 4) is 0 Å². The molecule has 0 saturated carbocycles. The summed E-state index contributed by atoms with van der Waals surface area (Å²) in [4.78, 5) is 40.4. The van der Waals surface area contributed by atoms with Crippen LogP contribution in [-0.2, 0) is 20.9 Å². The molecule has 2 fully saturated rings. The third-order valence-electron chi connectivity index (χ3n) is 5.05. The van der Waals surface area contributed by atoms with E-state index in [-0.39, 0.29) is 37.7 Å². The summed E-state index contributed by atoms with van der Waals surface area (Å²) in [6, 6.07) is 8.83. The summed E-state index contributed by atoms with van der Waals surface area (Å²) in [5.74, 6) is -0.381. The van der Waals surface area contributed by atoms with Crippen LogP contribution in [0, 0.1) is 0 Å². The maximum Gasteiger partial charge on any atom is 0.409 e. The number of carbonyl (C=O) groups excluding carboxylic acids is 2. The van der Waals surface area contributed by atoms with Crippen molar-refractivity contribution in [3.05, 3.63) is 35.9 Å². The minimum Gasteiger partial charge on any atom is -0.465 e. The first-order valence-corrected chi connectivity index (χ1v) is 9.29. The van der Waals surface area contributed by atoms with Crippen LogP contribution in [-0.4, -0.2) is 89.4 Å². The lowest BCUT2D eigenvalue weighted by Gasteiger charge is -2.44. The van der Waals surface area contributed by atoms with Crippen LogP contribution in [0.2, 0.25) is 0 Å². The molecule has 2 saturated heterocycles. The molecule has 9 nitrogen and oxygen atoms in total. The van der Waals surface area contributed by atoms with Crippen molar-refractivity contribution in [2.75, 3.05) is 39.3 Å². The predicted molar refractivity (Wildman–Crippen MR) is 98.7 cm³/mol. The average Bonchev–Trinajstić information content (AvgIpc) is 3.07. The topological polar surface area (TPSA) is 99.6 Å². The third kappa shape index (κ3) is 4.92. The molecular formula is C19H25N3O6. The number of esters is 1. The van der Waals surface area contributed by atoms with E-state index >= 15 is 0 Å². The van der Waals surface area contributed by atoms with Gasteiger partial charge in [-0.15, -0.1) is 0 Å². The maximum absolute atomic E-state index is 12.4. The lowest BCUT2D eigenvalue weighted by atomic mass is 10.1. The lowest BCUT2D eigenvalue weighted by molar-refractivity contribution is -0.147. The number of carbonyl (C=O) groups is 3. The van der Waals surface area contributed by atoms with Crippen LogP contribution in [0.15, 0.2) is 30.3 Å². The summed E-state index contributed by atoms with van der Waals surface area (Å²) < 4.78 is 10.3. The summed E-state index contributed by atoms with van der Waals surface area (Å²) >= 11 is 0. The molecule has 3 rings (SSSR count). The summed E-state index contributed by atoms with van der Waals surface area (Å²) in [6.07, 6.45) is -1.42. The summed E-state index contributed by atoms with van der Waals surface area (Å²) in [5, 5.41) is 9.43. The molecule has 0 aliphatic carbocycles. The fourth-order valence-corrected chi connectivity index (χ4v) is 3.54. The van der Waals surface area contributed by atoms with E-state index in [2.05, 4.69) is 0 Å². The van der Waals surface area contributed by atoms with Crippen molar-refractivity contribution < 1.29 is 29.0 Å². The van der Waals surface area contributed by atoms with E-state index in [1.54, 1.807) is 11.8 Å². The highest BCUT2D eigenvalue weighted by molar-refractivity contribution is 5.72. The second-order valence-corrected chi connectivity index (χ2v) is 7.07. The van der Waals surface area contributed by atoms with Crippen LogP contribution >= 0.6 is 0 Å². The van der Waals surface area contributed by atoms with Crippen LogP contribution in [0.5, 0.6) is 0 Å². The molecule has 0 bridgehead atoms. The fraction of sp³-hybridized carbons (Fsp3) is 0.526. The smallest absolute Gasteiger partial charge is 0.409 e. The van der Waals surface area contributed by atoms with Gasteiger partial charge in [0.2, 0.25) is 0 Å². The fourth-order valence-electron chi connectivity index (χ4n) is 3.54. The van der Waals surface area contributed by atoms with Gasteiger partial charge in [-0.3, -0.25) is 9.69 Å². The first-order chi connectivity index (χ1) is 13.4. The second-order valence-electron chi connectivity index (χ2n) is 7.07. The van der Waals surface area contributed by atoms with Crippen molar-refractivity contribution in [3.63, 3.8) is 0 Å². The van der Waals surface area contributed by atoms with Gasteiger partial charge in [0.05, 0.1) is 13.1 Å². The van der Waals surface area contributed by atoms with Gasteiger partial charge in [-0.1, -0.05) is 30.3 Å². The molecule has 2 aliphatic heterocycles. The molecule has 0 radical (unpaired) electrons. The van der Waals surface area contributed by atoms with E-state index in [9.17, 15) is 19.5 Å². The number of ether oxygens (including phenoxy) is 2. The largest absolute Gasteiger partial charge is 0.465 e. The molecule has 2 aliphatic rings. The Labute approximate surface area is 163 Å². The van der Waals surface area contributed by atoms with Gasteiger partial charge in [0.15, 0.2) is 0 Å². The molecule has 0 unspecified atom stereocenters. The molecule has 2 amide bonds. The van der Waals surface area contributed by atoms with Crippen LogP contribution in [0.25, 0.3) is 0 Å². The van der Waals surface area contributed by atoms with Gasteiger partial charge in [-0.05, 0) is 12.5 Å². The average molecular weight is 391 g/mol. The summed E-state index contributed by atoms with van der Waals surface area (Å²) in [7, 11) is 0. The van der Waals surface area contributed by atoms with Gasteiger partial charge in [0.25, 0.3) is 0 Å². The number of amides is 2. The molecule has 1 aromatic carbocycles. The molecule has 1 N–H and O–H groups in total. The number of carboxylic acid groups (broad SMARTS) is 1. The Morgan fingerprint density at radius 2 is 2.00 bits per heavy atom. The minimum atomic E-state index is -1.01. The van der Waals surface area contributed by atoms with Gasteiger partial charge < -0.3 is 24.4 Å². The number of piperazine rings is 1. The highest BCUT2D eigenvalue weighted by Crippen LogP contribution is 2.18. The molecule has 28 heavy (non-hydrogen) atoms. The van der Waals surface area contributed by atoms with Gasteiger partial charge >= 0.3 is 18.2 Å². The van der Waals surface area contributed by atoms with Gasteiger partial charge in [0, 0.05) is 31.7 Å². The number of benzene rings is 1. The Balaban J connectivity index is 1.62. The van der Waals surface area contributed by atoms with E-state index in [0.717, 1.165) is 5.56 Å². The first kappa shape index (κ1) is 19.9. The Morgan fingerprint density at radius 3 is 2.64 bits per heavy atom. The Kier molecular flexibility index (Phi) is 6.35. The Morgan fingerprint density at radius 1 is 1.25 bits per heavy atom. The molecule has 152 valence electrons. The minimum absolute atomic E-state index is 0.0399. The Bertz CT molecular complexity index is 711. The van der Waals surface area contributed by atoms with Crippen LogP contribution in [0.1, 0.15) is 12.5 Å². The SMILES string of the molecule is C[C@@H]1CN(CC(=O)OCc2ccccc2)[C@@H](CN2CCOC2=O)CN1C(=O)O. The number of hydrogen-bond donors (Lipinski definition) is 1. The van der Waals surface area contributed by atoms with Crippen molar-refractivity contribution in [2.24, 2.45) is 0 Å². The quantitative estimate of drug-likeness (QED) is 0.728. The number of nitrogens with zero attached hydrogens (tertiary/aromatic N) is 3. The number of rotatable bonds is 6. The van der Waals surface area contributed by atoms with Gasteiger partial charge in [-0.2, -0.15) is 0 Å². The van der Waals surface area contributed by atoms with Gasteiger partial charge in [-0.25, -0.2) is 9.59 Å². The summed E-state index contributed by atoms with van der Waals surface area (Å²) in [6.45, 7) is 3.73. The van der Waals surface area contributed by atoms with Crippen molar-refractivity contribution in [2.45, 2.75) is 25.6 Å². The molecular weight excluding hydrogens is 366 g/mol. The lowest BCUT2D eigenvalue weighted by Crippen LogP contribution is -2.62. The van der Waals surface area contributed by atoms with Crippen molar-refractivity contribution in [1.29, 1.82) is 0 Å². The molecule has 2 atom stereocenters. The maximum atomic E-state index is 12.4. The third-order valence-corrected chi connectivity index (χ3v) is 5.05. The molecule has 1 aromatic rings. The summed E-state index contributed by atoms with van der Waals surface area (Å²) in [5.41, 5.74) is 0.899. The van der Waals surface area contributed by atoms with E-state index in [4.69, 9.17) is 9.47 Å². The van der Waals surface area contributed by atoms with E-state index in [1.807, 2.05) is 35.2 Å². The van der Waals surface area contributed by atoms with Crippen LogP contribution in [0.3, 0.4) is 0 Å². The van der Waals surface area contributed by atoms with E-state index < -0.39 is 12.2 Å². The predicted octanol–water partition coefficient (Wildman–Crippen LogP) is 1.23. The zero-order valence-corrected chi connectivity index (χ0v) is 15.8. The van der Waals surface area contributed by atoms with Crippen LogP contribution in [0.4, 0.5) is 9.59 Å². The van der Waals surface area contributed by atoms with E-state index in [0.29, 0.717) is 26.2 Å². The molecule has 0 aromatic heterocycles. The zero-order chi connectivity index (χ0) is 20.1. The van der Waals surface area contributed by atoms with E-state index in [1.165, 1.54) is 4.90 Å². The zero-order valence-electron chi connectivity index (χ0n) is 15.8. The Hall–Kier alpha value is -2.81.